The maximum absolute atomic E-state index is 12.1. The van der Waals surface area contributed by atoms with Gasteiger partial charge in [-0.25, -0.2) is 14.8 Å². The van der Waals surface area contributed by atoms with Crippen molar-refractivity contribution in [3.8, 4) is 5.88 Å². The average molecular weight is 306 g/mol. The minimum atomic E-state index is -4.32. The summed E-state index contributed by atoms with van der Waals surface area (Å²) in [6, 6.07) is 0. The number of thiophene rings is 1. The molecule has 2 heterocycles. The lowest BCUT2D eigenvalue weighted by Gasteiger charge is -2.08. The third-order valence-electron chi connectivity index (χ3n) is 2.51. The normalized spacial score (nSPS) is 11.8. The van der Waals surface area contributed by atoms with Gasteiger partial charge in [0.1, 0.15) is 16.0 Å². The van der Waals surface area contributed by atoms with Crippen molar-refractivity contribution in [3.05, 3.63) is 16.8 Å². The Morgan fingerprint density at radius 2 is 2.15 bits per heavy atom. The minimum absolute atomic E-state index is 0.0273. The van der Waals surface area contributed by atoms with Crippen LogP contribution in [0.2, 0.25) is 0 Å². The first-order valence-corrected chi connectivity index (χ1v) is 6.28. The van der Waals surface area contributed by atoms with Crippen LogP contribution in [0.4, 0.5) is 13.2 Å². The van der Waals surface area contributed by atoms with Crippen LogP contribution in [0.5, 0.6) is 5.88 Å². The maximum Gasteiger partial charge on any atom is 0.392 e. The number of nitrogens with zero attached hydrogens (tertiary/aromatic N) is 2. The third-order valence-corrected chi connectivity index (χ3v) is 3.70. The molecule has 2 aromatic rings. The van der Waals surface area contributed by atoms with Gasteiger partial charge in [-0.2, -0.15) is 13.2 Å². The van der Waals surface area contributed by atoms with E-state index in [2.05, 4.69) is 9.97 Å². The second-order valence-corrected chi connectivity index (χ2v) is 4.93. The van der Waals surface area contributed by atoms with Crippen LogP contribution in [-0.2, 0) is 0 Å². The number of hydrogen-bond donors (Lipinski definition) is 1. The van der Waals surface area contributed by atoms with Gasteiger partial charge in [-0.15, -0.1) is 11.3 Å². The van der Waals surface area contributed by atoms with Crippen LogP contribution in [0.1, 0.15) is 21.7 Å². The summed E-state index contributed by atoms with van der Waals surface area (Å²) in [6.45, 7) is 0.968. The molecule has 0 bridgehead atoms. The molecule has 0 aliphatic heterocycles. The first-order valence-electron chi connectivity index (χ1n) is 5.46. The molecule has 0 saturated heterocycles. The van der Waals surface area contributed by atoms with Gasteiger partial charge in [0.15, 0.2) is 0 Å². The van der Waals surface area contributed by atoms with E-state index in [-0.39, 0.29) is 10.8 Å². The lowest BCUT2D eigenvalue weighted by Crippen LogP contribution is -2.13. The molecular weight excluding hydrogens is 297 g/mol. The quantitative estimate of drug-likeness (QED) is 0.940. The third kappa shape index (κ3) is 2.98. The summed E-state index contributed by atoms with van der Waals surface area (Å²) in [5, 5.41) is 9.36. The van der Waals surface area contributed by atoms with Crippen molar-refractivity contribution in [3.63, 3.8) is 0 Å². The molecule has 0 fully saturated rings. The number of aryl methyl sites for hydroxylation is 1. The molecule has 0 saturated carbocycles. The van der Waals surface area contributed by atoms with E-state index in [1.165, 1.54) is 0 Å². The summed E-state index contributed by atoms with van der Waals surface area (Å²) < 4.78 is 41.2. The molecule has 0 atom stereocenters. The highest BCUT2D eigenvalue weighted by Crippen LogP contribution is 2.34. The van der Waals surface area contributed by atoms with E-state index in [1.807, 2.05) is 0 Å². The molecule has 2 rings (SSSR count). The Bertz CT molecular complexity index is 654. The summed E-state index contributed by atoms with van der Waals surface area (Å²) in [5.74, 6) is -1.15. The Morgan fingerprint density at radius 3 is 2.75 bits per heavy atom. The molecule has 0 aliphatic carbocycles. The molecule has 0 aromatic carbocycles. The van der Waals surface area contributed by atoms with Gasteiger partial charge < -0.3 is 9.84 Å². The topological polar surface area (TPSA) is 72.3 Å². The summed E-state index contributed by atoms with van der Waals surface area (Å²) in [7, 11) is 0. The van der Waals surface area contributed by atoms with Crippen molar-refractivity contribution >= 4 is 27.5 Å². The van der Waals surface area contributed by atoms with Crippen molar-refractivity contribution in [2.24, 2.45) is 0 Å². The summed E-state index contributed by atoms with van der Waals surface area (Å²) in [6.07, 6.45) is -4.29. The van der Waals surface area contributed by atoms with Gasteiger partial charge in [-0.05, 0) is 12.5 Å². The van der Waals surface area contributed by atoms with Crippen molar-refractivity contribution in [2.75, 3.05) is 6.61 Å². The molecule has 5 nitrogen and oxygen atoms in total. The fraction of sp³-hybridized carbons (Fsp3) is 0.364. The first kappa shape index (κ1) is 14.5. The van der Waals surface area contributed by atoms with Crippen molar-refractivity contribution < 1.29 is 27.8 Å². The Kier molecular flexibility index (Phi) is 3.80. The molecule has 2 aromatic heterocycles. The van der Waals surface area contributed by atoms with E-state index in [0.29, 0.717) is 15.8 Å². The Balaban J connectivity index is 2.32. The second-order valence-electron chi connectivity index (χ2n) is 3.93. The van der Waals surface area contributed by atoms with Crippen LogP contribution in [0.3, 0.4) is 0 Å². The van der Waals surface area contributed by atoms with Gasteiger partial charge in [0.2, 0.25) is 5.88 Å². The lowest BCUT2D eigenvalue weighted by molar-refractivity contribution is -0.139. The predicted octanol–water partition coefficient (Wildman–Crippen LogP) is 3.03. The summed E-state index contributed by atoms with van der Waals surface area (Å²) in [5.41, 5.74) is 0.389. The van der Waals surface area contributed by atoms with E-state index < -0.39 is 25.2 Å². The van der Waals surface area contributed by atoms with E-state index in [1.54, 1.807) is 6.92 Å². The van der Waals surface area contributed by atoms with Crippen LogP contribution < -0.4 is 4.74 Å². The molecule has 1 N–H and O–H groups in total. The zero-order chi connectivity index (χ0) is 14.9. The lowest BCUT2D eigenvalue weighted by atomic mass is 10.2. The Morgan fingerprint density at radius 1 is 1.45 bits per heavy atom. The summed E-state index contributed by atoms with van der Waals surface area (Å²) in [4.78, 5) is 19.1. The number of aromatic nitrogens is 2. The van der Waals surface area contributed by atoms with Crippen LogP contribution in [0.25, 0.3) is 10.2 Å². The van der Waals surface area contributed by atoms with Crippen molar-refractivity contribution in [1.29, 1.82) is 0 Å². The number of carboxylic acid groups (broad SMARTS) is 1. The SMILES string of the molecule is Cc1c(C(=O)O)sc2ncnc(OCCC(F)(F)F)c12. The van der Waals surface area contributed by atoms with E-state index in [0.717, 1.165) is 17.7 Å². The minimum Gasteiger partial charge on any atom is -0.477 e. The van der Waals surface area contributed by atoms with Gasteiger partial charge in [-0.3, -0.25) is 0 Å². The van der Waals surface area contributed by atoms with Crippen LogP contribution in [0, 0.1) is 6.92 Å². The average Bonchev–Trinajstić information content (AvgIpc) is 2.66. The second kappa shape index (κ2) is 5.23. The number of halogens is 3. The number of fused-ring (bicyclic) bond motifs is 1. The van der Waals surface area contributed by atoms with Gasteiger partial charge in [0.25, 0.3) is 0 Å². The highest BCUT2D eigenvalue weighted by atomic mass is 32.1. The predicted molar refractivity (Wildman–Crippen MR) is 65.3 cm³/mol. The summed E-state index contributed by atoms with van der Waals surface area (Å²) >= 11 is 0.932. The van der Waals surface area contributed by atoms with Gasteiger partial charge in [-0.1, -0.05) is 0 Å². The maximum atomic E-state index is 12.1. The van der Waals surface area contributed by atoms with Gasteiger partial charge in [0.05, 0.1) is 18.4 Å². The molecule has 0 radical (unpaired) electrons. The molecule has 9 heteroatoms. The standard InChI is InChI=1S/C11H9F3N2O3S/c1-5-6-8(19-3-2-11(12,13)14)15-4-16-9(6)20-7(5)10(17)18/h4H,2-3H2,1H3,(H,17,18). The van der Waals surface area contributed by atoms with E-state index in [9.17, 15) is 18.0 Å². The smallest absolute Gasteiger partial charge is 0.392 e. The molecule has 20 heavy (non-hydrogen) atoms. The van der Waals surface area contributed by atoms with Crippen LogP contribution in [0.15, 0.2) is 6.33 Å². The van der Waals surface area contributed by atoms with Crippen LogP contribution in [-0.4, -0.2) is 33.8 Å². The molecule has 0 unspecified atom stereocenters. The highest BCUT2D eigenvalue weighted by molar-refractivity contribution is 7.20. The molecule has 108 valence electrons. The molecule has 0 spiro atoms. The molecular formula is C11H9F3N2O3S. The molecule has 0 aliphatic rings. The number of aromatic carboxylic acids is 1. The number of carboxylic acids is 1. The van der Waals surface area contributed by atoms with E-state index in [4.69, 9.17) is 9.84 Å². The highest BCUT2D eigenvalue weighted by Gasteiger charge is 2.27. The molecule has 0 amide bonds. The fourth-order valence-corrected chi connectivity index (χ4v) is 2.59. The fourth-order valence-electron chi connectivity index (χ4n) is 1.62. The number of alkyl halides is 3. The van der Waals surface area contributed by atoms with E-state index >= 15 is 0 Å². The number of carbonyl (C=O) groups is 1. The van der Waals surface area contributed by atoms with Gasteiger partial charge in [0, 0.05) is 0 Å². The number of rotatable bonds is 4. The zero-order valence-corrected chi connectivity index (χ0v) is 11.0. The zero-order valence-electron chi connectivity index (χ0n) is 10.2. The monoisotopic (exact) mass is 306 g/mol. The first-order chi connectivity index (χ1) is 9.29. The largest absolute Gasteiger partial charge is 0.477 e. The Hall–Kier alpha value is -1.90. The Labute approximate surface area is 115 Å². The van der Waals surface area contributed by atoms with Crippen molar-refractivity contribution in [1.82, 2.24) is 9.97 Å². The number of ether oxygens (including phenoxy) is 1. The van der Waals surface area contributed by atoms with Crippen molar-refractivity contribution in [2.45, 2.75) is 19.5 Å². The van der Waals surface area contributed by atoms with Gasteiger partial charge >= 0.3 is 12.1 Å². The number of hydrogen-bond acceptors (Lipinski definition) is 5. The van der Waals surface area contributed by atoms with Crippen LogP contribution >= 0.6 is 11.3 Å².